The van der Waals surface area contributed by atoms with E-state index in [1.807, 2.05) is 14.1 Å². The van der Waals surface area contributed by atoms with E-state index in [0.29, 0.717) is 0 Å². The molecule has 0 radical (unpaired) electrons. The minimum Gasteiger partial charge on any atom is -0.378 e. The maximum Gasteiger partial charge on any atom is 0.194 e. The van der Waals surface area contributed by atoms with Crippen LogP contribution in [0.15, 0.2) is 46.0 Å². The van der Waals surface area contributed by atoms with Crippen molar-refractivity contribution >= 4 is 51.6 Å². The van der Waals surface area contributed by atoms with Gasteiger partial charge in [-0.05, 0) is 39.7 Å². The first-order valence-electron chi connectivity index (χ1n) is 7.89. The van der Waals surface area contributed by atoms with E-state index in [2.05, 4.69) is 98.3 Å². The molecule has 1 aromatic heterocycles. The molecule has 1 N–H and O–H groups in total. The van der Waals surface area contributed by atoms with E-state index in [1.165, 1.54) is 16.9 Å². The second kappa shape index (κ2) is 10.1. The van der Waals surface area contributed by atoms with Crippen LogP contribution < -0.4 is 10.2 Å². The number of nitrogens with one attached hydrogen (secondary N) is 1. The molecule has 25 heavy (non-hydrogen) atoms. The Hall–Kier alpha value is -1.22. The number of hydrogen-bond acceptors (Lipinski definition) is 2. The van der Waals surface area contributed by atoms with Crippen LogP contribution in [0.4, 0.5) is 5.69 Å². The summed E-state index contributed by atoms with van der Waals surface area (Å²) in [5.74, 6) is 0.877. The second-order valence-corrected chi connectivity index (χ2v) is 7.00. The molecule has 0 saturated heterocycles. The van der Waals surface area contributed by atoms with E-state index in [4.69, 9.17) is 0 Å². The summed E-state index contributed by atoms with van der Waals surface area (Å²) in [6.07, 6.45) is 2.06. The van der Waals surface area contributed by atoms with Crippen molar-refractivity contribution in [1.29, 1.82) is 0 Å². The molecule has 2 rings (SSSR count). The summed E-state index contributed by atoms with van der Waals surface area (Å²) >= 11 is 3.52. The second-order valence-electron chi connectivity index (χ2n) is 6.08. The highest BCUT2D eigenvalue weighted by molar-refractivity contribution is 14.0. The van der Waals surface area contributed by atoms with Crippen molar-refractivity contribution in [2.24, 2.45) is 12.0 Å². The Kier molecular flexibility index (Phi) is 8.78. The van der Waals surface area contributed by atoms with Gasteiger partial charge >= 0.3 is 0 Å². The minimum absolute atomic E-state index is 0. The van der Waals surface area contributed by atoms with Crippen molar-refractivity contribution in [3.63, 3.8) is 0 Å². The van der Waals surface area contributed by atoms with Crippen LogP contribution in [0.3, 0.4) is 0 Å². The average Bonchev–Trinajstić information content (AvgIpc) is 2.85. The van der Waals surface area contributed by atoms with Crippen molar-refractivity contribution in [1.82, 2.24) is 14.8 Å². The number of benzene rings is 1. The van der Waals surface area contributed by atoms with Crippen LogP contribution in [0, 0.1) is 0 Å². The fourth-order valence-electron chi connectivity index (χ4n) is 2.55. The number of halogens is 2. The van der Waals surface area contributed by atoms with E-state index in [-0.39, 0.29) is 24.0 Å². The molecular weight excluding hydrogens is 493 g/mol. The molecule has 2 aromatic rings. The number of anilines is 1. The molecule has 5 nitrogen and oxygen atoms in total. The third kappa shape index (κ3) is 6.22. The van der Waals surface area contributed by atoms with Crippen LogP contribution in [-0.4, -0.2) is 43.6 Å². The summed E-state index contributed by atoms with van der Waals surface area (Å²) in [5.41, 5.74) is 3.66. The van der Waals surface area contributed by atoms with Crippen LogP contribution in [0.2, 0.25) is 0 Å². The molecule has 1 aromatic carbocycles. The lowest BCUT2D eigenvalue weighted by Crippen LogP contribution is -2.38. The Morgan fingerprint density at radius 2 is 1.96 bits per heavy atom. The lowest BCUT2D eigenvalue weighted by atomic mass is 10.2. The standard InChI is InChI=1S/C18H26BrN5.HI/c1-20-18(24(5)13-17-10-15(19)12-23(17)4)21-11-14-7-6-8-16(9-14)22(2)3;/h6-10,12H,11,13H2,1-5H3,(H,20,21);1H. The summed E-state index contributed by atoms with van der Waals surface area (Å²) in [6.45, 7) is 1.54. The lowest BCUT2D eigenvalue weighted by molar-refractivity contribution is 0.461. The lowest BCUT2D eigenvalue weighted by Gasteiger charge is -2.22. The first kappa shape index (κ1) is 21.8. The number of nitrogens with zero attached hydrogens (tertiary/aromatic N) is 4. The van der Waals surface area contributed by atoms with Crippen molar-refractivity contribution in [2.75, 3.05) is 33.1 Å². The number of aryl methyl sites for hydroxylation is 1. The Balaban J connectivity index is 0.00000312. The van der Waals surface area contributed by atoms with Gasteiger partial charge in [0, 0.05) is 63.8 Å². The molecule has 0 aliphatic carbocycles. The largest absolute Gasteiger partial charge is 0.378 e. The first-order valence-corrected chi connectivity index (χ1v) is 8.68. The smallest absolute Gasteiger partial charge is 0.194 e. The molecule has 0 saturated carbocycles. The molecule has 138 valence electrons. The number of hydrogen-bond donors (Lipinski definition) is 1. The summed E-state index contributed by atoms with van der Waals surface area (Å²) in [4.78, 5) is 8.62. The van der Waals surface area contributed by atoms with Gasteiger partial charge in [-0.1, -0.05) is 12.1 Å². The zero-order valence-corrected chi connectivity index (χ0v) is 19.4. The summed E-state index contributed by atoms with van der Waals surface area (Å²) in [6, 6.07) is 10.6. The Morgan fingerprint density at radius 3 is 2.52 bits per heavy atom. The highest BCUT2D eigenvalue weighted by Crippen LogP contribution is 2.15. The maximum absolute atomic E-state index is 4.39. The summed E-state index contributed by atoms with van der Waals surface area (Å²) < 4.78 is 3.21. The third-order valence-electron chi connectivity index (χ3n) is 3.92. The van der Waals surface area contributed by atoms with Gasteiger partial charge in [0.1, 0.15) is 0 Å². The predicted molar refractivity (Wildman–Crippen MR) is 121 cm³/mol. The van der Waals surface area contributed by atoms with Crippen LogP contribution >= 0.6 is 39.9 Å². The van der Waals surface area contributed by atoms with E-state index in [0.717, 1.165) is 23.5 Å². The molecule has 0 spiro atoms. The van der Waals surface area contributed by atoms with Gasteiger partial charge in [-0.2, -0.15) is 0 Å². The number of rotatable bonds is 5. The Bertz CT molecular complexity index is 711. The van der Waals surface area contributed by atoms with Gasteiger partial charge < -0.3 is 19.7 Å². The van der Waals surface area contributed by atoms with Gasteiger partial charge in [-0.3, -0.25) is 4.99 Å². The van der Waals surface area contributed by atoms with Gasteiger partial charge in [0.25, 0.3) is 0 Å². The highest BCUT2D eigenvalue weighted by Gasteiger charge is 2.09. The van der Waals surface area contributed by atoms with Crippen molar-refractivity contribution in [3.05, 3.63) is 52.3 Å². The monoisotopic (exact) mass is 519 g/mol. The van der Waals surface area contributed by atoms with Gasteiger partial charge in [-0.15, -0.1) is 24.0 Å². The molecule has 7 heteroatoms. The van der Waals surface area contributed by atoms with E-state index in [1.54, 1.807) is 0 Å². The van der Waals surface area contributed by atoms with Crippen molar-refractivity contribution in [3.8, 4) is 0 Å². The highest BCUT2D eigenvalue weighted by atomic mass is 127. The minimum atomic E-state index is 0. The first-order chi connectivity index (χ1) is 11.4. The summed E-state index contributed by atoms with van der Waals surface area (Å²) in [7, 11) is 10.0. The maximum atomic E-state index is 4.39. The Labute approximate surface area is 176 Å². The molecule has 1 heterocycles. The molecule has 0 bridgehead atoms. The number of aliphatic imine (C=N–C) groups is 1. The SMILES string of the molecule is CN=C(NCc1cccc(N(C)C)c1)N(C)Cc1cc(Br)cn1C.I. The van der Waals surface area contributed by atoms with Crippen LogP contribution in [-0.2, 0) is 20.1 Å². The van der Waals surface area contributed by atoms with E-state index in [9.17, 15) is 0 Å². The van der Waals surface area contributed by atoms with Gasteiger partial charge in [0.15, 0.2) is 5.96 Å². The van der Waals surface area contributed by atoms with E-state index >= 15 is 0 Å². The van der Waals surface area contributed by atoms with Crippen LogP contribution in [0.5, 0.6) is 0 Å². The Morgan fingerprint density at radius 1 is 1.24 bits per heavy atom. The normalized spacial score (nSPS) is 11.0. The fraction of sp³-hybridized carbons (Fsp3) is 0.389. The topological polar surface area (TPSA) is 35.8 Å². The van der Waals surface area contributed by atoms with E-state index < -0.39 is 0 Å². The van der Waals surface area contributed by atoms with Crippen LogP contribution in [0.25, 0.3) is 0 Å². The molecule has 0 unspecified atom stereocenters. The zero-order chi connectivity index (χ0) is 17.7. The number of guanidine groups is 1. The molecule has 0 aliphatic rings. The van der Waals surface area contributed by atoms with Crippen LogP contribution in [0.1, 0.15) is 11.3 Å². The predicted octanol–water partition coefficient (Wildman–Crippen LogP) is 3.68. The van der Waals surface area contributed by atoms with Gasteiger partial charge in [-0.25, -0.2) is 0 Å². The average molecular weight is 520 g/mol. The third-order valence-corrected chi connectivity index (χ3v) is 4.36. The zero-order valence-electron chi connectivity index (χ0n) is 15.5. The molecule has 0 atom stereocenters. The quantitative estimate of drug-likeness (QED) is 0.372. The summed E-state index contributed by atoms with van der Waals surface area (Å²) in [5, 5.41) is 3.43. The van der Waals surface area contributed by atoms with Crippen molar-refractivity contribution in [2.45, 2.75) is 13.1 Å². The van der Waals surface area contributed by atoms with Gasteiger partial charge in [0.05, 0.1) is 6.54 Å². The molecule has 0 amide bonds. The van der Waals surface area contributed by atoms with Gasteiger partial charge in [0.2, 0.25) is 0 Å². The molecule has 0 fully saturated rings. The molecular formula is C18H27BrIN5. The fourth-order valence-corrected chi connectivity index (χ4v) is 3.12. The van der Waals surface area contributed by atoms with Crippen molar-refractivity contribution < 1.29 is 0 Å². The molecule has 0 aliphatic heterocycles. The number of aromatic nitrogens is 1.